The van der Waals surface area contributed by atoms with E-state index in [0.717, 1.165) is 36.6 Å². The maximum atomic E-state index is 10.4. The van der Waals surface area contributed by atoms with E-state index in [0.29, 0.717) is 6.42 Å². The molecule has 5 nitrogen and oxygen atoms in total. The highest BCUT2D eigenvalue weighted by Gasteiger charge is 2.04. The Labute approximate surface area is 113 Å². The number of hydrogen-bond donors (Lipinski definition) is 2. The summed E-state index contributed by atoms with van der Waals surface area (Å²) in [5, 5.41) is 11.8. The number of methoxy groups -OCH3 is 2. The predicted octanol–water partition coefficient (Wildman–Crippen LogP) is 2.76. The monoisotopic (exact) mass is 267 g/mol. The van der Waals surface area contributed by atoms with Gasteiger partial charge in [-0.05, 0) is 25.0 Å². The maximum absolute atomic E-state index is 10.4. The smallest absolute Gasteiger partial charge is 0.303 e. The first-order valence-corrected chi connectivity index (χ1v) is 6.35. The predicted molar refractivity (Wildman–Crippen MR) is 74.1 cm³/mol. The van der Waals surface area contributed by atoms with E-state index >= 15 is 0 Å². The molecule has 0 atom stereocenters. The number of carboxylic acids is 1. The number of hydrogen-bond acceptors (Lipinski definition) is 4. The second kappa shape index (κ2) is 8.24. The normalized spacial score (nSPS) is 10.0. The van der Waals surface area contributed by atoms with E-state index in [-0.39, 0.29) is 6.42 Å². The Morgan fingerprint density at radius 1 is 1.21 bits per heavy atom. The second-order valence-electron chi connectivity index (χ2n) is 4.20. The van der Waals surface area contributed by atoms with E-state index in [9.17, 15) is 4.79 Å². The Morgan fingerprint density at radius 3 is 2.63 bits per heavy atom. The van der Waals surface area contributed by atoms with Gasteiger partial charge in [0.15, 0.2) is 0 Å². The minimum Gasteiger partial charge on any atom is -0.497 e. The van der Waals surface area contributed by atoms with Crippen molar-refractivity contribution >= 4 is 11.7 Å². The van der Waals surface area contributed by atoms with Gasteiger partial charge in [-0.15, -0.1) is 0 Å². The van der Waals surface area contributed by atoms with Crippen LogP contribution in [0.15, 0.2) is 18.2 Å². The first-order chi connectivity index (χ1) is 9.17. The molecule has 19 heavy (non-hydrogen) atoms. The molecule has 0 aliphatic heterocycles. The number of ether oxygens (including phenoxy) is 2. The standard InChI is InChI=1S/C14H21NO4/c1-18-11-7-8-13(19-2)12(10-11)15-9-5-3-4-6-14(16)17/h7-8,10,15H,3-6,9H2,1-2H3,(H,16,17). The molecule has 1 aromatic rings. The molecule has 0 amide bonds. The molecular weight excluding hydrogens is 246 g/mol. The summed E-state index contributed by atoms with van der Waals surface area (Å²) < 4.78 is 10.4. The molecule has 1 rings (SSSR count). The lowest BCUT2D eigenvalue weighted by atomic mass is 10.2. The summed E-state index contributed by atoms with van der Waals surface area (Å²) in [5.74, 6) is 0.808. The molecule has 1 aromatic carbocycles. The van der Waals surface area contributed by atoms with Crippen LogP contribution in [-0.4, -0.2) is 31.8 Å². The van der Waals surface area contributed by atoms with Crippen LogP contribution in [0.25, 0.3) is 0 Å². The fourth-order valence-electron chi connectivity index (χ4n) is 1.75. The number of aliphatic carboxylic acids is 1. The van der Waals surface area contributed by atoms with Gasteiger partial charge in [0.1, 0.15) is 11.5 Å². The van der Waals surface area contributed by atoms with Crippen LogP contribution in [0.1, 0.15) is 25.7 Å². The van der Waals surface area contributed by atoms with E-state index < -0.39 is 5.97 Å². The van der Waals surface area contributed by atoms with E-state index in [1.807, 2.05) is 18.2 Å². The van der Waals surface area contributed by atoms with Crippen LogP contribution in [0.5, 0.6) is 11.5 Å². The molecular formula is C14H21NO4. The summed E-state index contributed by atoms with van der Waals surface area (Å²) >= 11 is 0. The van der Waals surface area contributed by atoms with Crippen LogP contribution >= 0.6 is 0 Å². The first-order valence-electron chi connectivity index (χ1n) is 6.35. The average molecular weight is 267 g/mol. The van der Waals surface area contributed by atoms with Crippen molar-refractivity contribution in [3.8, 4) is 11.5 Å². The van der Waals surface area contributed by atoms with Gasteiger partial charge in [0.2, 0.25) is 0 Å². The van der Waals surface area contributed by atoms with Gasteiger partial charge in [0.05, 0.1) is 19.9 Å². The molecule has 0 radical (unpaired) electrons. The lowest BCUT2D eigenvalue weighted by Crippen LogP contribution is -2.04. The third-order valence-corrected chi connectivity index (χ3v) is 2.79. The van der Waals surface area contributed by atoms with Gasteiger partial charge in [0, 0.05) is 19.0 Å². The molecule has 0 fully saturated rings. The van der Waals surface area contributed by atoms with Gasteiger partial charge in [-0.3, -0.25) is 4.79 Å². The van der Waals surface area contributed by atoms with Gasteiger partial charge in [0.25, 0.3) is 0 Å². The number of anilines is 1. The highest BCUT2D eigenvalue weighted by Crippen LogP contribution is 2.28. The van der Waals surface area contributed by atoms with Gasteiger partial charge in [-0.1, -0.05) is 6.42 Å². The summed E-state index contributed by atoms with van der Waals surface area (Å²) in [5.41, 5.74) is 0.889. The second-order valence-corrected chi connectivity index (χ2v) is 4.20. The third kappa shape index (κ3) is 5.50. The number of unbranched alkanes of at least 4 members (excludes halogenated alkanes) is 2. The van der Waals surface area contributed by atoms with Gasteiger partial charge in [-0.25, -0.2) is 0 Å². The van der Waals surface area contributed by atoms with Crippen LogP contribution in [0.2, 0.25) is 0 Å². The Balaban J connectivity index is 2.37. The molecule has 0 saturated heterocycles. The van der Waals surface area contributed by atoms with E-state index in [1.165, 1.54) is 0 Å². The Hall–Kier alpha value is -1.91. The average Bonchev–Trinajstić information content (AvgIpc) is 2.42. The van der Waals surface area contributed by atoms with Crippen molar-refractivity contribution in [3.05, 3.63) is 18.2 Å². The number of benzene rings is 1. The van der Waals surface area contributed by atoms with Crippen LogP contribution in [0.3, 0.4) is 0 Å². The SMILES string of the molecule is COc1ccc(OC)c(NCCCCCC(=O)O)c1. The highest BCUT2D eigenvalue weighted by atomic mass is 16.5. The Kier molecular flexibility index (Phi) is 6.57. The molecule has 0 unspecified atom stereocenters. The molecule has 106 valence electrons. The summed E-state index contributed by atoms with van der Waals surface area (Å²) in [4.78, 5) is 10.4. The van der Waals surface area contributed by atoms with Crippen LogP contribution in [0, 0.1) is 0 Å². The maximum Gasteiger partial charge on any atom is 0.303 e. The zero-order valence-corrected chi connectivity index (χ0v) is 11.4. The van der Waals surface area contributed by atoms with Crippen molar-refractivity contribution in [1.82, 2.24) is 0 Å². The number of carbonyl (C=O) groups is 1. The van der Waals surface area contributed by atoms with Gasteiger partial charge < -0.3 is 19.9 Å². The lowest BCUT2D eigenvalue weighted by molar-refractivity contribution is -0.137. The molecule has 0 bridgehead atoms. The van der Waals surface area contributed by atoms with Crippen molar-refractivity contribution in [2.75, 3.05) is 26.1 Å². The third-order valence-electron chi connectivity index (χ3n) is 2.79. The summed E-state index contributed by atoms with van der Waals surface area (Å²) in [6, 6.07) is 5.58. The molecule has 0 aliphatic carbocycles. The molecule has 2 N–H and O–H groups in total. The molecule has 0 saturated carbocycles. The molecule has 5 heteroatoms. The van der Waals surface area contributed by atoms with Crippen molar-refractivity contribution in [2.24, 2.45) is 0 Å². The largest absolute Gasteiger partial charge is 0.497 e. The van der Waals surface area contributed by atoms with Gasteiger partial charge >= 0.3 is 5.97 Å². The fraction of sp³-hybridized carbons (Fsp3) is 0.500. The topological polar surface area (TPSA) is 67.8 Å². The summed E-state index contributed by atoms with van der Waals surface area (Å²) in [7, 11) is 3.25. The lowest BCUT2D eigenvalue weighted by Gasteiger charge is -2.12. The molecule has 0 aromatic heterocycles. The summed E-state index contributed by atoms with van der Waals surface area (Å²) in [6.07, 6.45) is 2.77. The van der Waals surface area contributed by atoms with Crippen LogP contribution < -0.4 is 14.8 Å². The Bertz CT molecular complexity index is 406. The fourth-order valence-corrected chi connectivity index (χ4v) is 1.75. The van der Waals surface area contributed by atoms with Crippen molar-refractivity contribution in [3.63, 3.8) is 0 Å². The highest BCUT2D eigenvalue weighted by molar-refractivity contribution is 5.66. The number of nitrogens with one attached hydrogen (secondary N) is 1. The first kappa shape index (κ1) is 15.1. The van der Waals surface area contributed by atoms with Crippen LogP contribution in [-0.2, 0) is 4.79 Å². The Morgan fingerprint density at radius 2 is 2.00 bits per heavy atom. The van der Waals surface area contributed by atoms with Crippen molar-refractivity contribution < 1.29 is 19.4 Å². The minimum absolute atomic E-state index is 0.239. The zero-order valence-electron chi connectivity index (χ0n) is 11.4. The summed E-state index contributed by atoms with van der Waals surface area (Å²) in [6.45, 7) is 0.781. The molecule has 0 aliphatic rings. The van der Waals surface area contributed by atoms with E-state index in [4.69, 9.17) is 14.6 Å². The van der Waals surface area contributed by atoms with Crippen LogP contribution in [0.4, 0.5) is 5.69 Å². The minimum atomic E-state index is -0.734. The van der Waals surface area contributed by atoms with Gasteiger partial charge in [-0.2, -0.15) is 0 Å². The molecule has 0 heterocycles. The molecule has 0 spiro atoms. The van der Waals surface area contributed by atoms with E-state index in [1.54, 1.807) is 14.2 Å². The van der Waals surface area contributed by atoms with Crippen molar-refractivity contribution in [1.29, 1.82) is 0 Å². The zero-order chi connectivity index (χ0) is 14.1. The number of carboxylic acid groups (broad SMARTS) is 1. The van der Waals surface area contributed by atoms with E-state index in [2.05, 4.69) is 5.32 Å². The number of rotatable bonds is 9. The quantitative estimate of drug-likeness (QED) is 0.673. The van der Waals surface area contributed by atoms with Crippen molar-refractivity contribution in [2.45, 2.75) is 25.7 Å².